The smallest absolute Gasteiger partial charge is 0.107 e. The maximum Gasteiger partial charge on any atom is 0.107 e. The zero-order valence-corrected chi connectivity index (χ0v) is 8.83. The average Bonchev–Trinajstić information content (AvgIpc) is 2.12. The van der Waals surface area contributed by atoms with E-state index in [9.17, 15) is 5.11 Å². The maximum absolute atomic E-state index is 9.35. The SMILES string of the molecule is Nc1c(Cl)cc(C(O)C=S)cc1Cl. The molecule has 2 nitrogen and oxygen atoms in total. The number of nitrogens with two attached hydrogens (primary N) is 1. The van der Waals surface area contributed by atoms with Gasteiger partial charge in [-0.3, -0.25) is 0 Å². The summed E-state index contributed by atoms with van der Waals surface area (Å²) in [5.41, 5.74) is 6.36. The van der Waals surface area contributed by atoms with E-state index in [1.807, 2.05) is 0 Å². The Morgan fingerprint density at radius 1 is 1.38 bits per heavy atom. The lowest BCUT2D eigenvalue weighted by Gasteiger charge is -2.08. The van der Waals surface area contributed by atoms with E-state index in [0.29, 0.717) is 21.3 Å². The van der Waals surface area contributed by atoms with Gasteiger partial charge in [0.15, 0.2) is 0 Å². The molecule has 0 spiro atoms. The third-order valence-electron chi connectivity index (χ3n) is 1.57. The molecule has 1 unspecified atom stereocenters. The highest BCUT2D eigenvalue weighted by Gasteiger charge is 2.09. The van der Waals surface area contributed by atoms with Crippen LogP contribution in [0.25, 0.3) is 0 Å². The van der Waals surface area contributed by atoms with E-state index < -0.39 is 6.10 Å². The van der Waals surface area contributed by atoms with Crippen LogP contribution in [0.5, 0.6) is 0 Å². The highest BCUT2D eigenvalue weighted by molar-refractivity contribution is 7.79. The van der Waals surface area contributed by atoms with Crippen molar-refractivity contribution in [3.05, 3.63) is 27.7 Å². The number of anilines is 1. The van der Waals surface area contributed by atoms with Gasteiger partial charge in [0.2, 0.25) is 0 Å². The second-order valence-corrected chi connectivity index (χ2v) is 3.57. The zero-order valence-electron chi connectivity index (χ0n) is 6.50. The van der Waals surface area contributed by atoms with Gasteiger partial charge in [-0.2, -0.15) is 0 Å². The largest absolute Gasteiger partial charge is 0.396 e. The first-order valence-electron chi connectivity index (χ1n) is 3.44. The van der Waals surface area contributed by atoms with Gasteiger partial charge in [-0.1, -0.05) is 35.4 Å². The van der Waals surface area contributed by atoms with Crippen molar-refractivity contribution >= 4 is 46.5 Å². The topological polar surface area (TPSA) is 46.2 Å². The van der Waals surface area contributed by atoms with E-state index in [1.165, 1.54) is 17.5 Å². The zero-order chi connectivity index (χ0) is 10.0. The average molecular weight is 236 g/mol. The molecule has 0 saturated carbocycles. The molecule has 0 aliphatic rings. The molecule has 0 aliphatic carbocycles. The summed E-state index contributed by atoms with van der Waals surface area (Å²) in [5.74, 6) is 0. The third kappa shape index (κ3) is 2.31. The van der Waals surface area contributed by atoms with Crippen LogP contribution in [0.1, 0.15) is 11.7 Å². The highest BCUT2D eigenvalue weighted by atomic mass is 35.5. The van der Waals surface area contributed by atoms with Crippen LogP contribution in [0.2, 0.25) is 10.0 Å². The Bertz CT molecular complexity index is 320. The van der Waals surface area contributed by atoms with Crippen LogP contribution in [0.4, 0.5) is 5.69 Å². The summed E-state index contributed by atoms with van der Waals surface area (Å²) in [6, 6.07) is 3.08. The fraction of sp³-hybridized carbons (Fsp3) is 0.125. The molecule has 1 atom stereocenters. The van der Waals surface area contributed by atoms with Gasteiger partial charge in [0.25, 0.3) is 0 Å². The first-order chi connectivity index (χ1) is 6.06. The van der Waals surface area contributed by atoms with Crippen LogP contribution in [0.15, 0.2) is 12.1 Å². The number of rotatable bonds is 2. The summed E-state index contributed by atoms with van der Waals surface area (Å²) in [6.07, 6.45) is -0.842. The second-order valence-electron chi connectivity index (χ2n) is 2.48. The molecule has 0 radical (unpaired) electrons. The minimum atomic E-state index is -0.842. The molecule has 1 aromatic carbocycles. The van der Waals surface area contributed by atoms with Crippen LogP contribution in [-0.2, 0) is 0 Å². The normalized spacial score (nSPS) is 12.5. The van der Waals surface area contributed by atoms with Crippen LogP contribution in [-0.4, -0.2) is 10.5 Å². The number of hydrogen-bond donors (Lipinski definition) is 2. The third-order valence-corrected chi connectivity index (χ3v) is 2.46. The number of aliphatic hydroxyl groups excluding tert-OH is 1. The lowest BCUT2D eigenvalue weighted by atomic mass is 10.1. The fourth-order valence-electron chi connectivity index (χ4n) is 0.853. The minimum Gasteiger partial charge on any atom is -0.396 e. The number of nitrogen functional groups attached to an aromatic ring is 1. The van der Waals surface area contributed by atoms with Crippen molar-refractivity contribution in [2.45, 2.75) is 6.10 Å². The molecule has 0 aromatic heterocycles. The summed E-state index contributed by atoms with van der Waals surface area (Å²) in [7, 11) is 0. The van der Waals surface area contributed by atoms with Gasteiger partial charge in [-0.15, -0.1) is 0 Å². The second kappa shape index (κ2) is 4.24. The molecule has 0 aliphatic heterocycles. The van der Waals surface area contributed by atoms with Crippen molar-refractivity contribution in [3.63, 3.8) is 0 Å². The molecular weight excluding hydrogens is 229 g/mol. The van der Waals surface area contributed by atoms with E-state index in [2.05, 4.69) is 12.2 Å². The van der Waals surface area contributed by atoms with Crippen LogP contribution >= 0.6 is 35.4 Å². The van der Waals surface area contributed by atoms with Crippen molar-refractivity contribution in [1.82, 2.24) is 0 Å². The predicted octanol–water partition coefficient (Wildman–Crippen LogP) is 2.61. The highest BCUT2D eigenvalue weighted by Crippen LogP contribution is 2.30. The summed E-state index contributed by atoms with van der Waals surface area (Å²) in [5, 5.41) is 11.2. The summed E-state index contributed by atoms with van der Waals surface area (Å²) >= 11 is 16.1. The predicted molar refractivity (Wildman–Crippen MR) is 59.5 cm³/mol. The lowest BCUT2D eigenvalue weighted by Crippen LogP contribution is -1.98. The van der Waals surface area contributed by atoms with E-state index in [1.54, 1.807) is 0 Å². The van der Waals surface area contributed by atoms with E-state index >= 15 is 0 Å². The van der Waals surface area contributed by atoms with Gasteiger partial charge in [0.05, 0.1) is 15.7 Å². The monoisotopic (exact) mass is 235 g/mol. The van der Waals surface area contributed by atoms with E-state index in [0.717, 1.165) is 0 Å². The molecular formula is C8H7Cl2NOS. The molecule has 1 rings (SSSR count). The van der Waals surface area contributed by atoms with Crippen molar-refractivity contribution in [1.29, 1.82) is 0 Å². The minimum absolute atomic E-state index is 0.309. The van der Waals surface area contributed by atoms with Crippen LogP contribution < -0.4 is 5.73 Å². The number of aliphatic hydroxyl groups is 1. The molecule has 0 heterocycles. The number of hydrogen-bond acceptors (Lipinski definition) is 3. The molecule has 0 amide bonds. The van der Waals surface area contributed by atoms with Crippen molar-refractivity contribution in [3.8, 4) is 0 Å². The molecule has 70 valence electrons. The number of thiocarbonyl (C=S) groups is 1. The molecule has 13 heavy (non-hydrogen) atoms. The molecule has 5 heteroatoms. The molecule has 0 bridgehead atoms. The van der Waals surface area contributed by atoms with Crippen molar-refractivity contribution in [2.24, 2.45) is 0 Å². The van der Waals surface area contributed by atoms with E-state index in [-0.39, 0.29) is 0 Å². The Kier molecular flexibility index (Phi) is 3.50. The Morgan fingerprint density at radius 3 is 2.23 bits per heavy atom. The van der Waals surface area contributed by atoms with Crippen molar-refractivity contribution in [2.75, 3.05) is 5.73 Å². The lowest BCUT2D eigenvalue weighted by molar-refractivity contribution is 0.255. The summed E-state index contributed by atoms with van der Waals surface area (Å²) < 4.78 is 0. The Hall–Kier alpha value is -0.350. The van der Waals surface area contributed by atoms with Gasteiger partial charge in [0, 0.05) is 5.37 Å². The van der Waals surface area contributed by atoms with Gasteiger partial charge in [-0.25, -0.2) is 0 Å². The Morgan fingerprint density at radius 2 is 1.85 bits per heavy atom. The first-order valence-corrected chi connectivity index (χ1v) is 4.66. The van der Waals surface area contributed by atoms with Gasteiger partial charge in [-0.05, 0) is 17.7 Å². The van der Waals surface area contributed by atoms with Gasteiger partial charge < -0.3 is 10.8 Å². The number of benzene rings is 1. The number of halogens is 2. The quantitative estimate of drug-likeness (QED) is 0.612. The standard InChI is InChI=1S/C8H7Cl2NOS/c9-5-1-4(7(12)3-13)2-6(10)8(5)11/h1-3,7,12H,11H2. The molecule has 0 saturated heterocycles. The van der Waals surface area contributed by atoms with E-state index in [4.69, 9.17) is 28.9 Å². The Labute approximate surface area is 91.3 Å². The van der Waals surface area contributed by atoms with Gasteiger partial charge >= 0.3 is 0 Å². The first kappa shape index (κ1) is 10.7. The molecule has 1 aromatic rings. The molecule has 0 fully saturated rings. The summed E-state index contributed by atoms with van der Waals surface area (Å²) in [6.45, 7) is 0. The van der Waals surface area contributed by atoms with Crippen molar-refractivity contribution < 1.29 is 5.11 Å². The van der Waals surface area contributed by atoms with Crippen LogP contribution in [0, 0.1) is 0 Å². The summed E-state index contributed by atoms with van der Waals surface area (Å²) in [4.78, 5) is 0. The Balaban J connectivity index is 3.20. The van der Waals surface area contributed by atoms with Gasteiger partial charge in [0.1, 0.15) is 6.10 Å². The molecule has 3 N–H and O–H groups in total. The maximum atomic E-state index is 9.35. The fourth-order valence-corrected chi connectivity index (χ4v) is 1.51. The van der Waals surface area contributed by atoms with Crippen LogP contribution in [0.3, 0.4) is 0 Å².